The predicted molar refractivity (Wildman–Crippen MR) is 124 cm³/mol. The molecule has 0 atom stereocenters. The van der Waals surface area contributed by atoms with E-state index in [1.807, 2.05) is 0 Å². The fourth-order valence-electron chi connectivity index (χ4n) is 3.11. The number of benzene rings is 2. The molecule has 8 nitrogen and oxygen atoms in total. The lowest BCUT2D eigenvalue weighted by molar-refractivity contribution is -0.120. The number of halogens is 2. The van der Waals surface area contributed by atoms with Crippen LogP contribution in [0.25, 0.3) is 0 Å². The molecule has 2 N–H and O–H groups in total. The number of piperidine rings is 1. The monoisotopic (exact) mass is 496 g/mol. The summed E-state index contributed by atoms with van der Waals surface area (Å²) in [6.07, 6.45) is 4.08. The van der Waals surface area contributed by atoms with Gasteiger partial charge in [-0.2, -0.15) is 9.41 Å². The molecular weight excluding hydrogens is 475 g/mol. The third-order valence-electron chi connectivity index (χ3n) is 4.83. The molecule has 2 aromatic rings. The fourth-order valence-corrected chi connectivity index (χ4v) is 5.09. The molecule has 0 bridgehead atoms. The molecule has 0 aromatic heterocycles. The Labute approximate surface area is 196 Å². The Morgan fingerprint density at radius 3 is 2.38 bits per heavy atom. The Bertz CT molecular complexity index is 1120. The summed E-state index contributed by atoms with van der Waals surface area (Å²) >= 11 is 11.8. The highest BCUT2D eigenvalue weighted by Crippen LogP contribution is 2.21. The van der Waals surface area contributed by atoms with Crippen molar-refractivity contribution in [3.05, 3.63) is 63.6 Å². The molecule has 32 heavy (non-hydrogen) atoms. The van der Waals surface area contributed by atoms with Crippen LogP contribution in [-0.2, 0) is 14.8 Å². The Morgan fingerprint density at radius 1 is 1.03 bits per heavy atom. The van der Waals surface area contributed by atoms with Crippen LogP contribution in [0.4, 0.5) is 0 Å². The summed E-state index contributed by atoms with van der Waals surface area (Å²) in [7, 11) is -3.56. The average Bonchev–Trinajstić information content (AvgIpc) is 2.79. The largest absolute Gasteiger partial charge is 0.343 e. The molecule has 2 amide bonds. The molecular formula is C21H22Cl2N4O4S. The first kappa shape index (κ1) is 24.2. The van der Waals surface area contributed by atoms with Crippen LogP contribution in [0.2, 0.25) is 10.0 Å². The Kier molecular flexibility index (Phi) is 8.25. The van der Waals surface area contributed by atoms with Crippen molar-refractivity contribution in [2.45, 2.75) is 24.2 Å². The number of sulfonamides is 1. The summed E-state index contributed by atoms with van der Waals surface area (Å²) in [6.45, 7) is 0.705. The van der Waals surface area contributed by atoms with Crippen molar-refractivity contribution in [1.29, 1.82) is 0 Å². The minimum atomic E-state index is -3.56. The molecule has 170 valence electrons. The van der Waals surface area contributed by atoms with E-state index >= 15 is 0 Å². The second-order valence-electron chi connectivity index (χ2n) is 7.13. The van der Waals surface area contributed by atoms with Crippen molar-refractivity contribution < 1.29 is 18.0 Å². The molecule has 0 spiro atoms. The van der Waals surface area contributed by atoms with Crippen LogP contribution in [0, 0.1) is 0 Å². The van der Waals surface area contributed by atoms with Crippen molar-refractivity contribution in [2.75, 3.05) is 19.6 Å². The van der Waals surface area contributed by atoms with Gasteiger partial charge in [0.05, 0.1) is 22.7 Å². The summed E-state index contributed by atoms with van der Waals surface area (Å²) in [5, 5.41) is 7.12. The molecule has 1 fully saturated rings. The number of carbonyl (C=O) groups is 2. The van der Waals surface area contributed by atoms with Gasteiger partial charge < -0.3 is 5.32 Å². The number of nitrogens with one attached hydrogen (secondary N) is 2. The highest BCUT2D eigenvalue weighted by atomic mass is 35.5. The smallest absolute Gasteiger partial charge is 0.259 e. The van der Waals surface area contributed by atoms with Gasteiger partial charge in [-0.1, -0.05) is 35.7 Å². The molecule has 1 saturated heterocycles. The standard InChI is InChI=1S/C21H22Cl2N4O4S/c22-17-7-4-16(19(23)12-17)13-25-26-20(28)14-24-21(29)15-5-8-18(9-6-15)32(30,31)27-10-2-1-3-11-27/h4-9,12-13H,1-3,10-11,14H2,(H,24,29)(H,26,28)/b25-13+. The minimum Gasteiger partial charge on any atom is -0.343 e. The fraction of sp³-hybridized carbons (Fsp3) is 0.286. The van der Waals surface area contributed by atoms with Crippen LogP contribution < -0.4 is 10.7 Å². The van der Waals surface area contributed by atoms with E-state index in [1.165, 1.54) is 34.8 Å². The van der Waals surface area contributed by atoms with Gasteiger partial charge in [-0.25, -0.2) is 13.8 Å². The van der Waals surface area contributed by atoms with E-state index < -0.39 is 21.8 Å². The van der Waals surface area contributed by atoms with Gasteiger partial charge in [0.25, 0.3) is 11.8 Å². The Morgan fingerprint density at radius 2 is 1.72 bits per heavy atom. The number of rotatable bonds is 7. The van der Waals surface area contributed by atoms with Crippen molar-refractivity contribution in [3.63, 3.8) is 0 Å². The number of hydrazone groups is 1. The van der Waals surface area contributed by atoms with E-state index in [4.69, 9.17) is 23.2 Å². The van der Waals surface area contributed by atoms with Gasteiger partial charge in [0.1, 0.15) is 0 Å². The summed E-state index contributed by atoms with van der Waals surface area (Å²) < 4.78 is 26.8. The molecule has 1 aliphatic heterocycles. The molecule has 2 aromatic carbocycles. The first-order valence-corrected chi connectivity index (χ1v) is 12.1. The van der Waals surface area contributed by atoms with Crippen LogP contribution in [0.1, 0.15) is 35.2 Å². The van der Waals surface area contributed by atoms with Crippen molar-refractivity contribution >= 4 is 51.3 Å². The van der Waals surface area contributed by atoms with E-state index in [0.29, 0.717) is 28.7 Å². The molecule has 11 heteroatoms. The molecule has 0 saturated carbocycles. The second kappa shape index (κ2) is 10.9. The number of nitrogens with zero attached hydrogens (tertiary/aromatic N) is 2. The summed E-state index contributed by atoms with van der Waals surface area (Å²) in [5.74, 6) is -1.05. The van der Waals surface area contributed by atoms with Crippen molar-refractivity contribution in [3.8, 4) is 0 Å². The van der Waals surface area contributed by atoms with E-state index in [0.717, 1.165) is 19.3 Å². The maximum absolute atomic E-state index is 12.7. The van der Waals surface area contributed by atoms with E-state index in [-0.39, 0.29) is 17.0 Å². The normalized spacial score (nSPS) is 14.9. The van der Waals surface area contributed by atoms with Gasteiger partial charge in [0, 0.05) is 29.2 Å². The minimum absolute atomic E-state index is 0.142. The predicted octanol–water partition coefficient (Wildman–Crippen LogP) is 3.05. The third kappa shape index (κ3) is 6.29. The highest BCUT2D eigenvalue weighted by molar-refractivity contribution is 7.89. The van der Waals surface area contributed by atoms with Gasteiger partial charge in [-0.05, 0) is 49.2 Å². The molecule has 1 heterocycles. The number of hydrogen-bond donors (Lipinski definition) is 2. The van der Waals surface area contributed by atoms with Gasteiger partial charge in [0.2, 0.25) is 10.0 Å². The van der Waals surface area contributed by atoms with Crippen LogP contribution in [0.5, 0.6) is 0 Å². The molecule has 3 rings (SSSR count). The highest BCUT2D eigenvalue weighted by Gasteiger charge is 2.25. The first-order valence-electron chi connectivity index (χ1n) is 9.93. The zero-order chi connectivity index (χ0) is 23.1. The molecule has 1 aliphatic rings. The number of amides is 2. The lowest BCUT2D eigenvalue weighted by Crippen LogP contribution is -2.36. The zero-order valence-corrected chi connectivity index (χ0v) is 19.4. The van der Waals surface area contributed by atoms with Gasteiger partial charge in [-0.15, -0.1) is 0 Å². The summed E-state index contributed by atoms with van der Waals surface area (Å²) in [5.41, 5.74) is 3.10. The topological polar surface area (TPSA) is 108 Å². The van der Waals surface area contributed by atoms with Crippen LogP contribution in [-0.4, -0.2) is 50.4 Å². The van der Waals surface area contributed by atoms with Gasteiger partial charge in [0.15, 0.2) is 0 Å². The first-order chi connectivity index (χ1) is 15.3. The average molecular weight is 497 g/mol. The maximum atomic E-state index is 12.7. The Balaban J connectivity index is 1.51. The van der Waals surface area contributed by atoms with Gasteiger partial charge in [-0.3, -0.25) is 9.59 Å². The number of carbonyl (C=O) groups excluding carboxylic acids is 2. The third-order valence-corrected chi connectivity index (χ3v) is 7.31. The van der Waals surface area contributed by atoms with Gasteiger partial charge >= 0.3 is 0 Å². The van der Waals surface area contributed by atoms with E-state index in [2.05, 4.69) is 15.8 Å². The van der Waals surface area contributed by atoms with Crippen LogP contribution in [0.15, 0.2) is 52.5 Å². The lowest BCUT2D eigenvalue weighted by Gasteiger charge is -2.25. The van der Waals surface area contributed by atoms with Crippen molar-refractivity contribution in [1.82, 2.24) is 15.0 Å². The van der Waals surface area contributed by atoms with E-state index in [1.54, 1.807) is 18.2 Å². The van der Waals surface area contributed by atoms with E-state index in [9.17, 15) is 18.0 Å². The summed E-state index contributed by atoms with van der Waals surface area (Å²) in [6, 6.07) is 10.5. The zero-order valence-electron chi connectivity index (χ0n) is 17.1. The van der Waals surface area contributed by atoms with Crippen LogP contribution in [0.3, 0.4) is 0 Å². The molecule has 0 unspecified atom stereocenters. The Hall–Kier alpha value is -2.46. The SMILES string of the molecule is O=C(CNC(=O)c1ccc(S(=O)(=O)N2CCCCC2)cc1)N/N=C/c1ccc(Cl)cc1Cl. The molecule has 0 radical (unpaired) electrons. The van der Waals surface area contributed by atoms with Crippen LogP contribution >= 0.6 is 23.2 Å². The lowest BCUT2D eigenvalue weighted by atomic mass is 10.2. The number of hydrogen-bond acceptors (Lipinski definition) is 5. The van der Waals surface area contributed by atoms with Crippen molar-refractivity contribution in [2.24, 2.45) is 5.10 Å². The quantitative estimate of drug-likeness (QED) is 0.453. The molecule has 0 aliphatic carbocycles. The second-order valence-corrected chi connectivity index (χ2v) is 9.91. The summed E-state index contributed by atoms with van der Waals surface area (Å²) in [4.78, 5) is 24.3. The maximum Gasteiger partial charge on any atom is 0.259 e.